The molecule has 0 atom stereocenters. The Hall–Kier alpha value is -1.46. The Morgan fingerprint density at radius 3 is 2.93 bits per heavy atom. The third-order valence-electron chi connectivity index (χ3n) is 1.74. The highest BCUT2D eigenvalue weighted by atomic mass is 32.1. The Kier molecular flexibility index (Phi) is 4.20. The van der Waals surface area contributed by atoms with Gasteiger partial charge >= 0.3 is 5.97 Å². The summed E-state index contributed by atoms with van der Waals surface area (Å²) in [6.45, 7) is 0. The fourth-order valence-electron chi connectivity index (χ4n) is 1.15. The molecule has 5 heteroatoms. The summed E-state index contributed by atoms with van der Waals surface area (Å²) in [4.78, 5) is 15.6. The maximum atomic E-state index is 10.5. The van der Waals surface area contributed by atoms with Gasteiger partial charge in [-0.2, -0.15) is 0 Å². The van der Waals surface area contributed by atoms with Gasteiger partial charge in [-0.15, -0.1) is 0 Å². The van der Waals surface area contributed by atoms with Crippen LogP contribution in [0.4, 0.5) is 0 Å². The first-order valence-electron chi connectivity index (χ1n) is 4.27. The SMILES string of the molecule is CONC(=S)c1cccc(CC(=O)O)c1. The van der Waals surface area contributed by atoms with E-state index in [1.54, 1.807) is 24.3 Å². The summed E-state index contributed by atoms with van der Waals surface area (Å²) in [6.07, 6.45) is -0.0105. The van der Waals surface area contributed by atoms with E-state index in [2.05, 4.69) is 10.3 Å². The summed E-state index contributed by atoms with van der Waals surface area (Å²) in [5, 5.41) is 8.63. The summed E-state index contributed by atoms with van der Waals surface area (Å²) >= 11 is 5.01. The van der Waals surface area contributed by atoms with Crippen LogP contribution in [0.2, 0.25) is 0 Å². The first-order chi connectivity index (χ1) is 7.13. The van der Waals surface area contributed by atoms with Crippen molar-refractivity contribution in [2.75, 3.05) is 7.11 Å². The van der Waals surface area contributed by atoms with Gasteiger partial charge in [0.05, 0.1) is 13.5 Å². The number of benzene rings is 1. The molecular formula is C10H11NO3S. The minimum Gasteiger partial charge on any atom is -0.481 e. The summed E-state index contributed by atoms with van der Waals surface area (Å²) in [7, 11) is 1.47. The van der Waals surface area contributed by atoms with Gasteiger partial charge in [-0.1, -0.05) is 30.4 Å². The fraction of sp³-hybridized carbons (Fsp3) is 0.200. The molecule has 0 amide bonds. The maximum absolute atomic E-state index is 10.5. The van der Waals surface area contributed by atoms with E-state index < -0.39 is 5.97 Å². The number of carboxylic acids is 1. The quantitative estimate of drug-likeness (QED) is 0.594. The van der Waals surface area contributed by atoms with Crippen LogP contribution in [-0.4, -0.2) is 23.2 Å². The van der Waals surface area contributed by atoms with E-state index in [4.69, 9.17) is 17.3 Å². The normalized spacial score (nSPS) is 9.67. The van der Waals surface area contributed by atoms with E-state index in [0.29, 0.717) is 10.6 Å². The van der Waals surface area contributed by atoms with Crippen molar-refractivity contribution < 1.29 is 14.7 Å². The average molecular weight is 225 g/mol. The lowest BCUT2D eigenvalue weighted by molar-refractivity contribution is -0.136. The molecule has 0 unspecified atom stereocenters. The molecule has 0 aliphatic carbocycles. The molecule has 0 aliphatic heterocycles. The molecule has 1 aromatic carbocycles. The lowest BCUT2D eigenvalue weighted by atomic mass is 10.1. The molecule has 0 saturated carbocycles. The molecule has 0 aromatic heterocycles. The van der Waals surface area contributed by atoms with Crippen molar-refractivity contribution in [3.8, 4) is 0 Å². The Balaban J connectivity index is 2.82. The van der Waals surface area contributed by atoms with Crippen molar-refractivity contribution in [3.05, 3.63) is 35.4 Å². The largest absolute Gasteiger partial charge is 0.481 e. The molecular weight excluding hydrogens is 214 g/mol. The number of carboxylic acid groups (broad SMARTS) is 1. The number of carbonyl (C=O) groups is 1. The van der Waals surface area contributed by atoms with Crippen LogP contribution in [0, 0.1) is 0 Å². The van der Waals surface area contributed by atoms with Gasteiger partial charge in [-0.3, -0.25) is 15.1 Å². The van der Waals surface area contributed by atoms with Crippen LogP contribution in [0.15, 0.2) is 24.3 Å². The predicted octanol–water partition coefficient (Wildman–Crippen LogP) is 1.14. The Labute approximate surface area is 92.8 Å². The molecule has 0 aliphatic rings. The third kappa shape index (κ3) is 3.65. The van der Waals surface area contributed by atoms with Crippen molar-refractivity contribution >= 4 is 23.2 Å². The molecule has 0 heterocycles. The van der Waals surface area contributed by atoms with Gasteiger partial charge in [0.2, 0.25) is 0 Å². The van der Waals surface area contributed by atoms with Gasteiger partial charge in [-0.05, 0) is 11.6 Å². The molecule has 0 saturated heterocycles. The second-order valence-electron chi connectivity index (χ2n) is 2.91. The summed E-state index contributed by atoms with van der Waals surface area (Å²) in [5.41, 5.74) is 3.98. The summed E-state index contributed by atoms with van der Waals surface area (Å²) in [6, 6.07) is 7.02. The number of hydrogen-bond acceptors (Lipinski definition) is 3. The second kappa shape index (κ2) is 5.43. The van der Waals surface area contributed by atoms with E-state index in [0.717, 1.165) is 5.56 Å². The van der Waals surface area contributed by atoms with Gasteiger partial charge in [0.25, 0.3) is 0 Å². The van der Waals surface area contributed by atoms with Crippen LogP contribution in [0.3, 0.4) is 0 Å². The lowest BCUT2D eigenvalue weighted by Gasteiger charge is -2.06. The van der Waals surface area contributed by atoms with Crippen molar-refractivity contribution in [1.29, 1.82) is 0 Å². The van der Waals surface area contributed by atoms with Gasteiger partial charge in [-0.25, -0.2) is 0 Å². The van der Waals surface area contributed by atoms with Gasteiger partial charge < -0.3 is 5.11 Å². The number of rotatable bonds is 4. The van der Waals surface area contributed by atoms with Gasteiger partial charge in [0.15, 0.2) is 0 Å². The van der Waals surface area contributed by atoms with E-state index in [9.17, 15) is 4.79 Å². The number of hydroxylamine groups is 1. The minimum atomic E-state index is -0.863. The van der Waals surface area contributed by atoms with Crippen molar-refractivity contribution in [2.45, 2.75) is 6.42 Å². The lowest BCUT2D eigenvalue weighted by Crippen LogP contribution is -2.20. The molecule has 80 valence electrons. The molecule has 2 N–H and O–H groups in total. The highest BCUT2D eigenvalue weighted by molar-refractivity contribution is 7.80. The van der Waals surface area contributed by atoms with E-state index >= 15 is 0 Å². The third-order valence-corrected chi connectivity index (χ3v) is 2.06. The van der Waals surface area contributed by atoms with Crippen LogP contribution in [0.1, 0.15) is 11.1 Å². The first kappa shape index (κ1) is 11.6. The van der Waals surface area contributed by atoms with Gasteiger partial charge in [0, 0.05) is 5.56 Å². The Morgan fingerprint density at radius 2 is 2.33 bits per heavy atom. The highest BCUT2D eigenvalue weighted by Crippen LogP contribution is 2.06. The topological polar surface area (TPSA) is 58.6 Å². The molecule has 0 fully saturated rings. The van der Waals surface area contributed by atoms with Crippen molar-refractivity contribution in [2.24, 2.45) is 0 Å². The Bertz CT molecular complexity index is 379. The predicted molar refractivity (Wildman–Crippen MR) is 59.6 cm³/mol. The minimum absolute atomic E-state index is 0.0105. The Morgan fingerprint density at radius 1 is 1.60 bits per heavy atom. The van der Waals surface area contributed by atoms with Crippen molar-refractivity contribution in [1.82, 2.24) is 5.48 Å². The monoisotopic (exact) mass is 225 g/mol. The molecule has 0 bridgehead atoms. The zero-order valence-electron chi connectivity index (χ0n) is 8.19. The highest BCUT2D eigenvalue weighted by Gasteiger charge is 2.04. The summed E-state index contributed by atoms with van der Waals surface area (Å²) < 4.78 is 0. The van der Waals surface area contributed by atoms with Crippen LogP contribution in [-0.2, 0) is 16.1 Å². The summed E-state index contributed by atoms with van der Waals surface area (Å²) in [5.74, 6) is -0.863. The number of hydrogen-bond donors (Lipinski definition) is 2. The van der Waals surface area contributed by atoms with Crippen LogP contribution >= 0.6 is 12.2 Å². The zero-order chi connectivity index (χ0) is 11.3. The molecule has 15 heavy (non-hydrogen) atoms. The van der Waals surface area contributed by atoms with Crippen LogP contribution in [0.5, 0.6) is 0 Å². The maximum Gasteiger partial charge on any atom is 0.307 e. The van der Waals surface area contributed by atoms with E-state index in [-0.39, 0.29) is 6.42 Å². The number of thiocarbonyl (C=S) groups is 1. The van der Waals surface area contributed by atoms with E-state index in [1.165, 1.54) is 7.11 Å². The molecule has 0 radical (unpaired) electrons. The van der Waals surface area contributed by atoms with Crippen molar-refractivity contribution in [3.63, 3.8) is 0 Å². The first-order valence-corrected chi connectivity index (χ1v) is 4.68. The molecule has 0 spiro atoms. The van der Waals surface area contributed by atoms with Crippen LogP contribution in [0.25, 0.3) is 0 Å². The standard InChI is InChI=1S/C10H11NO3S/c1-14-11-10(15)8-4-2-3-7(5-8)6-9(12)13/h2-5H,6H2,1H3,(H,11,15)(H,12,13). The second-order valence-corrected chi connectivity index (χ2v) is 3.31. The zero-order valence-corrected chi connectivity index (χ0v) is 9.00. The molecule has 4 nitrogen and oxygen atoms in total. The van der Waals surface area contributed by atoms with Crippen LogP contribution < -0.4 is 5.48 Å². The number of nitrogens with one attached hydrogen (secondary N) is 1. The smallest absolute Gasteiger partial charge is 0.307 e. The molecule has 1 rings (SSSR count). The average Bonchev–Trinajstić information content (AvgIpc) is 2.17. The van der Waals surface area contributed by atoms with E-state index in [1.807, 2.05) is 0 Å². The fourth-order valence-corrected chi connectivity index (χ4v) is 1.36. The molecule has 1 aromatic rings. The van der Waals surface area contributed by atoms with Gasteiger partial charge in [0.1, 0.15) is 4.99 Å². The number of aliphatic carboxylic acids is 1.